The van der Waals surface area contributed by atoms with E-state index in [0.717, 1.165) is 63.0 Å². The van der Waals surface area contributed by atoms with Gasteiger partial charge in [0, 0.05) is 56.3 Å². The van der Waals surface area contributed by atoms with Crippen LogP contribution in [0.5, 0.6) is 0 Å². The highest BCUT2D eigenvalue weighted by Crippen LogP contribution is 2.28. The molecule has 1 fully saturated rings. The van der Waals surface area contributed by atoms with Crippen LogP contribution in [0.4, 0.5) is 11.6 Å². The summed E-state index contributed by atoms with van der Waals surface area (Å²) in [5.41, 5.74) is 6.48. The SMILES string of the molecule is Cc1cc(C(C)C)nc(N2CCN(Cc3cccc4c3NCC4)CC2)n1. The zero-order chi connectivity index (χ0) is 18.1. The van der Waals surface area contributed by atoms with E-state index in [-0.39, 0.29) is 0 Å². The Morgan fingerprint density at radius 3 is 2.69 bits per heavy atom. The van der Waals surface area contributed by atoms with Crippen molar-refractivity contribution in [2.75, 3.05) is 42.9 Å². The van der Waals surface area contributed by atoms with Crippen molar-refractivity contribution in [3.63, 3.8) is 0 Å². The Balaban J connectivity index is 1.41. The van der Waals surface area contributed by atoms with Crippen LogP contribution in [0.15, 0.2) is 24.3 Å². The highest BCUT2D eigenvalue weighted by molar-refractivity contribution is 5.61. The fourth-order valence-corrected chi connectivity index (χ4v) is 3.90. The van der Waals surface area contributed by atoms with Gasteiger partial charge in [0.15, 0.2) is 0 Å². The van der Waals surface area contributed by atoms with E-state index in [0.29, 0.717) is 5.92 Å². The summed E-state index contributed by atoms with van der Waals surface area (Å²) < 4.78 is 0. The molecule has 2 aliphatic rings. The summed E-state index contributed by atoms with van der Waals surface area (Å²) in [6.45, 7) is 12.6. The van der Waals surface area contributed by atoms with Crippen LogP contribution < -0.4 is 10.2 Å². The van der Waals surface area contributed by atoms with Crippen molar-refractivity contribution in [2.24, 2.45) is 0 Å². The lowest BCUT2D eigenvalue weighted by atomic mass is 10.1. The highest BCUT2D eigenvalue weighted by Gasteiger charge is 2.22. The normalized spacial score (nSPS) is 17.5. The molecule has 4 rings (SSSR count). The Morgan fingerprint density at radius 1 is 1.12 bits per heavy atom. The van der Waals surface area contributed by atoms with E-state index in [9.17, 15) is 0 Å². The smallest absolute Gasteiger partial charge is 0.225 e. The van der Waals surface area contributed by atoms with E-state index < -0.39 is 0 Å². The van der Waals surface area contributed by atoms with E-state index >= 15 is 0 Å². The molecule has 5 heteroatoms. The summed E-state index contributed by atoms with van der Waals surface area (Å²) in [5, 5.41) is 3.56. The minimum Gasteiger partial charge on any atom is -0.384 e. The molecule has 0 bridgehead atoms. The first-order valence-electron chi connectivity index (χ1n) is 9.77. The first-order chi connectivity index (χ1) is 12.6. The van der Waals surface area contributed by atoms with Crippen LogP contribution in [0.1, 0.15) is 42.3 Å². The molecule has 2 aromatic rings. The average molecular weight is 351 g/mol. The lowest BCUT2D eigenvalue weighted by Gasteiger charge is -2.35. The molecule has 1 saturated heterocycles. The highest BCUT2D eigenvalue weighted by atomic mass is 15.3. The first-order valence-corrected chi connectivity index (χ1v) is 9.77. The number of piperazine rings is 1. The molecule has 0 aliphatic carbocycles. The molecule has 2 aliphatic heterocycles. The third-order valence-electron chi connectivity index (χ3n) is 5.44. The second kappa shape index (κ2) is 7.23. The van der Waals surface area contributed by atoms with Crippen LogP contribution in [0.25, 0.3) is 0 Å². The molecule has 0 saturated carbocycles. The van der Waals surface area contributed by atoms with Crippen molar-refractivity contribution in [1.29, 1.82) is 0 Å². The number of aryl methyl sites for hydroxylation is 1. The summed E-state index contributed by atoms with van der Waals surface area (Å²) in [6.07, 6.45) is 1.15. The summed E-state index contributed by atoms with van der Waals surface area (Å²) in [6, 6.07) is 8.82. The number of para-hydroxylation sites is 1. The van der Waals surface area contributed by atoms with Gasteiger partial charge in [-0.3, -0.25) is 4.90 Å². The molecule has 1 aromatic carbocycles. The van der Waals surface area contributed by atoms with E-state index in [2.05, 4.69) is 65.1 Å². The van der Waals surface area contributed by atoms with Gasteiger partial charge in [0.05, 0.1) is 0 Å². The number of rotatable bonds is 4. The summed E-state index contributed by atoms with van der Waals surface area (Å²) in [4.78, 5) is 14.4. The molecule has 0 amide bonds. The number of hydrogen-bond acceptors (Lipinski definition) is 5. The molecular formula is C21H29N5. The standard InChI is InChI=1S/C21H29N5/c1-15(2)19-13-16(3)23-21(24-19)26-11-9-25(10-12-26)14-18-6-4-5-17-7-8-22-20(17)18/h4-6,13,15,22H,7-12,14H2,1-3H3. The molecule has 138 valence electrons. The van der Waals surface area contributed by atoms with Crippen molar-refractivity contribution in [2.45, 2.75) is 39.7 Å². The van der Waals surface area contributed by atoms with Crippen molar-refractivity contribution < 1.29 is 0 Å². The molecule has 0 radical (unpaired) electrons. The minimum absolute atomic E-state index is 0.435. The van der Waals surface area contributed by atoms with E-state index in [1.165, 1.54) is 16.8 Å². The van der Waals surface area contributed by atoms with Crippen LogP contribution in [-0.2, 0) is 13.0 Å². The van der Waals surface area contributed by atoms with Gasteiger partial charge in [0.1, 0.15) is 0 Å². The Labute approximate surface area is 156 Å². The summed E-state index contributed by atoms with van der Waals surface area (Å²) in [7, 11) is 0. The van der Waals surface area contributed by atoms with Crippen LogP contribution in [0.2, 0.25) is 0 Å². The molecule has 0 atom stereocenters. The molecule has 5 nitrogen and oxygen atoms in total. The second-order valence-corrected chi connectivity index (χ2v) is 7.78. The predicted molar refractivity (Wildman–Crippen MR) is 107 cm³/mol. The summed E-state index contributed by atoms with van der Waals surface area (Å²) in [5.74, 6) is 1.33. The number of aromatic nitrogens is 2. The average Bonchev–Trinajstić information content (AvgIpc) is 3.11. The quantitative estimate of drug-likeness (QED) is 0.916. The van der Waals surface area contributed by atoms with Gasteiger partial charge in [0.25, 0.3) is 0 Å². The van der Waals surface area contributed by atoms with Gasteiger partial charge in [-0.1, -0.05) is 32.0 Å². The number of nitrogens with one attached hydrogen (secondary N) is 1. The van der Waals surface area contributed by atoms with Crippen molar-refractivity contribution in [3.05, 3.63) is 46.8 Å². The Morgan fingerprint density at radius 2 is 1.92 bits per heavy atom. The third kappa shape index (κ3) is 3.54. The largest absolute Gasteiger partial charge is 0.384 e. The molecule has 0 unspecified atom stereocenters. The van der Waals surface area contributed by atoms with Gasteiger partial charge in [-0.15, -0.1) is 0 Å². The zero-order valence-electron chi connectivity index (χ0n) is 16.1. The second-order valence-electron chi connectivity index (χ2n) is 7.78. The molecular weight excluding hydrogens is 322 g/mol. The number of fused-ring (bicyclic) bond motifs is 1. The monoisotopic (exact) mass is 351 g/mol. The summed E-state index contributed by atoms with van der Waals surface area (Å²) >= 11 is 0. The third-order valence-corrected chi connectivity index (χ3v) is 5.44. The van der Waals surface area contributed by atoms with Gasteiger partial charge in [0.2, 0.25) is 5.95 Å². The van der Waals surface area contributed by atoms with E-state index in [1.54, 1.807) is 0 Å². The Bertz CT molecular complexity index is 778. The van der Waals surface area contributed by atoms with E-state index in [4.69, 9.17) is 4.98 Å². The minimum atomic E-state index is 0.435. The van der Waals surface area contributed by atoms with Gasteiger partial charge in [-0.05, 0) is 36.5 Å². The topological polar surface area (TPSA) is 44.3 Å². The van der Waals surface area contributed by atoms with Crippen molar-refractivity contribution >= 4 is 11.6 Å². The molecule has 26 heavy (non-hydrogen) atoms. The van der Waals surface area contributed by atoms with Crippen LogP contribution >= 0.6 is 0 Å². The molecule has 1 aromatic heterocycles. The fraction of sp³-hybridized carbons (Fsp3) is 0.524. The van der Waals surface area contributed by atoms with Crippen LogP contribution in [-0.4, -0.2) is 47.6 Å². The zero-order valence-corrected chi connectivity index (χ0v) is 16.1. The Hall–Kier alpha value is -2.14. The van der Waals surface area contributed by atoms with Gasteiger partial charge in [-0.25, -0.2) is 9.97 Å². The molecule has 1 N–H and O–H groups in total. The number of hydrogen-bond donors (Lipinski definition) is 1. The number of nitrogens with zero attached hydrogens (tertiary/aromatic N) is 4. The maximum Gasteiger partial charge on any atom is 0.225 e. The van der Waals surface area contributed by atoms with Gasteiger partial charge < -0.3 is 10.2 Å². The van der Waals surface area contributed by atoms with Crippen LogP contribution in [0.3, 0.4) is 0 Å². The fourth-order valence-electron chi connectivity index (χ4n) is 3.90. The Kier molecular flexibility index (Phi) is 4.81. The number of anilines is 2. The van der Waals surface area contributed by atoms with Gasteiger partial charge in [-0.2, -0.15) is 0 Å². The predicted octanol–water partition coefficient (Wildman–Crippen LogP) is 3.20. The maximum absolute atomic E-state index is 4.80. The van der Waals surface area contributed by atoms with Crippen molar-refractivity contribution in [1.82, 2.24) is 14.9 Å². The number of benzene rings is 1. The van der Waals surface area contributed by atoms with Crippen molar-refractivity contribution in [3.8, 4) is 0 Å². The van der Waals surface area contributed by atoms with Crippen LogP contribution in [0, 0.1) is 6.92 Å². The molecule has 0 spiro atoms. The van der Waals surface area contributed by atoms with Gasteiger partial charge >= 0.3 is 0 Å². The lowest BCUT2D eigenvalue weighted by Crippen LogP contribution is -2.46. The molecule has 3 heterocycles. The first kappa shape index (κ1) is 17.3. The maximum atomic E-state index is 4.80. The lowest BCUT2D eigenvalue weighted by molar-refractivity contribution is 0.249. The van der Waals surface area contributed by atoms with E-state index in [1.807, 2.05) is 0 Å².